The van der Waals surface area contributed by atoms with Gasteiger partial charge >= 0.3 is 0 Å². The van der Waals surface area contributed by atoms with Gasteiger partial charge in [0.15, 0.2) is 0 Å². The minimum Gasteiger partial charge on any atom is -0.367 e. The molecule has 66 valence electrons. The minimum absolute atomic E-state index is 0.277. The second kappa shape index (κ2) is 3.22. The van der Waals surface area contributed by atoms with Crippen LogP contribution < -0.4 is 5.73 Å². The number of nitrogens with zero attached hydrogens (tertiary/aromatic N) is 3. The Morgan fingerprint density at radius 1 is 1.46 bits per heavy atom. The molecule has 0 aliphatic rings. The summed E-state index contributed by atoms with van der Waals surface area (Å²) < 4.78 is 0. The predicted octanol–water partition coefficient (Wildman–Crippen LogP) is 0.373. The first-order valence-corrected chi connectivity index (χ1v) is 3.90. The molecule has 0 amide bonds. The lowest BCUT2D eigenvalue weighted by Gasteiger charge is -1.94. The van der Waals surface area contributed by atoms with Gasteiger partial charge in [-0.25, -0.2) is 0 Å². The molecule has 0 aromatic carbocycles. The topological polar surface area (TPSA) is 80.5 Å². The number of H-pyrrole nitrogens is 1. The normalized spacial score (nSPS) is 10.2. The number of pyridine rings is 1. The molecule has 0 saturated carbocycles. The molecule has 3 N–H and O–H groups in total. The van der Waals surface area contributed by atoms with Gasteiger partial charge in [-0.2, -0.15) is 4.98 Å². The molecule has 0 spiro atoms. The zero-order valence-corrected chi connectivity index (χ0v) is 6.94. The van der Waals surface area contributed by atoms with Crippen molar-refractivity contribution < 1.29 is 0 Å². The lowest BCUT2D eigenvalue weighted by atomic mass is 10.2. The van der Waals surface area contributed by atoms with Crippen LogP contribution in [0.5, 0.6) is 0 Å². The molecule has 0 atom stereocenters. The van der Waals surface area contributed by atoms with Crippen molar-refractivity contribution in [3.05, 3.63) is 35.9 Å². The highest BCUT2D eigenvalue weighted by Gasteiger charge is 2.00. The molecule has 2 aromatic heterocycles. The third-order valence-electron chi connectivity index (χ3n) is 1.64. The zero-order valence-electron chi connectivity index (χ0n) is 6.94. The lowest BCUT2D eigenvalue weighted by Crippen LogP contribution is -1.91. The maximum atomic E-state index is 5.36. The third kappa shape index (κ3) is 1.81. The minimum atomic E-state index is 0.277. The summed E-state index contributed by atoms with van der Waals surface area (Å²) in [6.07, 6.45) is 4.20. The fraction of sp³-hybridized carbons (Fsp3) is 0.125. The summed E-state index contributed by atoms with van der Waals surface area (Å²) in [5.74, 6) is 1.03. The molecule has 2 aromatic rings. The number of nitrogens with one attached hydrogen (secondary N) is 1. The fourth-order valence-corrected chi connectivity index (χ4v) is 1.09. The van der Waals surface area contributed by atoms with E-state index in [0.29, 0.717) is 6.42 Å². The average Bonchev–Trinajstić information content (AvgIpc) is 2.53. The summed E-state index contributed by atoms with van der Waals surface area (Å²) in [6, 6.07) is 3.86. The Bertz CT molecular complexity index is 380. The van der Waals surface area contributed by atoms with Crippen LogP contribution in [0.15, 0.2) is 24.5 Å². The summed E-state index contributed by atoms with van der Waals surface area (Å²) in [6.45, 7) is 0. The molecule has 0 aliphatic heterocycles. The number of nitrogens with two attached hydrogens (primary N) is 1. The van der Waals surface area contributed by atoms with Crippen LogP contribution >= 0.6 is 0 Å². The maximum absolute atomic E-state index is 5.36. The van der Waals surface area contributed by atoms with Crippen LogP contribution in [0.3, 0.4) is 0 Å². The van der Waals surface area contributed by atoms with Gasteiger partial charge in [-0.15, -0.1) is 5.10 Å². The summed E-state index contributed by atoms with van der Waals surface area (Å²) in [4.78, 5) is 7.98. The molecule has 5 heteroatoms. The van der Waals surface area contributed by atoms with Crippen molar-refractivity contribution >= 4 is 5.95 Å². The van der Waals surface area contributed by atoms with E-state index in [9.17, 15) is 0 Å². The number of rotatable bonds is 2. The van der Waals surface area contributed by atoms with Crippen molar-refractivity contribution in [3.63, 3.8) is 0 Å². The fourth-order valence-electron chi connectivity index (χ4n) is 1.09. The first kappa shape index (κ1) is 7.72. The van der Waals surface area contributed by atoms with E-state index in [4.69, 9.17) is 5.73 Å². The Morgan fingerprint density at radius 2 is 2.38 bits per heavy atom. The van der Waals surface area contributed by atoms with Gasteiger partial charge in [0.2, 0.25) is 5.95 Å². The Hall–Kier alpha value is -1.91. The average molecular weight is 175 g/mol. The molecule has 2 heterocycles. The van der Waals surface area contributed by atoms with Crippen LogP contribution in [0.2, 0.25) is 0 Å². The number of anilines is 1. The van der Waals surface area contributed by atoms with E-state index in [1.54, 1.807) is 12.4 Å². The van der Waals surface area contributed by atoms with E-state index in [1.165, 1.54) is 0 Å². The smallest absolute Gasteiger partial charge is 0.239 e. The SMILES string of the molecule is Nc1n[nH]c(Cc2cccnc2)n1. The van der Waals surface area contributed by atoms with Crippen LogP contribution in [-0.2, 0) is 6.42 Å². The Kier molecular flexibility index (Phi) is 1.91. The first-order valence-electron chi connectivity index (χ1n) is 3.90. The zero-order chi connectivity index (χ0) is 9.10. The summed E-state index contributed by atoms with van der Waals surface area (Å²) >= 11 is 0. The van der Waals surface area contributed by atoms with E-state index < -0.39 is 0 Å². The molecule has 0 bridgehead atoms. The van der Waals surface area contributed by atoms with Crippen LogP contribution in [-0.4, -0.2) is 20.2 Å². The summed E-state index contributed by atoms with van der Waals surface area (Å²) in [5.41, 5.74) is 6.45. The van der Waals surface area contributed by atoms with Gasteiger partial charge in [0, 0.05) is 18.8 Å². The number of aromatic amines is 1. The van der Waals surface area contributed by atoms with Crippen molar-refractivity contribution in [1.82, 2.24) is 20.2 Å². The van der Waals surface area contributed by atoms with Gasteiger partial charge in [-0.05, 0) is 11.6 Å². The maximum Gasteiger partial charge on any atom is 0.239 e. The van der Waals surface area contributed by atoms with E-state index in [0.717, 1.165) is 11.4 Å². The van der Waals surface area contributed by atoms with Gasteiger partial charge in [0.05, 0.1) is 0 Å². The van der Waals surface area contributed by atoms with Crippen molar-refractivity contribution in [2.24, 2.45) is 0 Å². The van der Waals surface area contributed by atoms with Gasteiger partial charge in [-0.1, -0.05) is 6.07 Å². The molecular formula is C8H9N5. The molecule has 0 fully saturated rings. The molecule has 0 aliphatic carbocycles. The van der Waals surface area contributed by atoms with E-state index in [2.05, 4.69) is 20.2 Å². The molecule has 5 nitrogen and oxygen atoms in total. The van der Waals surface area contributed by atoms with Crippen molar-refractivity contribution in [3.8, 4) is 0 Å². The lowest BCUT2D eigenvalue weighted by molar-refractivity contribution is 0.966. The third-order valence-corrected chi connectivity index (χ3v) is 1.64. The monoisotopic (exact) mass is 175 g/mol. The van der Waals surface area contributed by atoms with Crippen molar-refractivity contribution in [2.45, 2.75) is 6.42 Å². The van der Waals surface area contributed by atoms with Crippen molar-refractivity contribution in [1.29, 1.82) is 0 Å². The highest BCUT2D eigenvalue weighted by molar-refractivity contribution is 5.18. The number of nitrogen functional groups attached to an aromatic ring is 1. The highest BCUT2D eigenvalue weighted by Crippen LogP contribution is 2.03. The van der Waals surface area contributed by atoms with E-state index in [-0.39, 0.29) is 5.95 Å². The molecular weight excluding hydrogens is 166 g/mol. The Morgan fingerprint density at radius 3 is 3.00 bits per heavy atom. The van der Waals surface area contributed by atoms with Crippen LogP contribution in [0.25, 0.3) is 0 Å². The van der Waals surface area contributed by atoms with Crippen LogP contribution in [0.1, 0.15) is 11.4 Å². The molecule has 13 heavy (non-hydrogen) atoms. The second-order valence-electron chi connectivity index (χ2n) is 2.68. The number of aromatic nitrogens is 4. The first-order chi connectivity index (χ1) is 6.34. The van der Waals surface area contributed by atoms with E-state index >= 15 is 0 Å². The number of hydrogen-bond donors (Lipinski definition) is 2. The second-order valence-corrected chi connectivity index (χ2v) is 2.68. The Labute approximate surface area is 75.0 Å². The quantitative estimate of drug-likeness (QED) is 0.691. The molecule has 0 radical (unpaired) electrons. The molecule has 0 unspecified atom stereocenters. The van der Waals surface area contributed by atoms with Crippen molar-refractivity contribution in [2.75, 3.05) is 5.73 Å². The van der Waals surface area contributed by atoms with Gasteiger partial charge in [0.1, 0.15) is 5.82 Å². The molecule has 0 saturated heterocycles. The predicted molar refractivity (Wildman–Crippen MR) is 47.8 cm³/mol. The summed E-state index contributed by atoms with van der Waals surface area (Å²) in [7, 11) is 0. The van der Waals surface area contributed by atoms with Crippen LogP contribution in [0.4, 0.5) is 5.95 Å². The molecule has 2 rings (SSSR count). The van der Waals surface area contributed by atoms with Gasteiger partial charge in [0.25, 0.3) is 0 Å². The summed E-state index contributed by atoms with van der Waals surface area (Å²) in [5, 5.41) is 6.47. The van der Waals surface area contributed by atoms with Gasteiger partial charge < -0.3 is 5.73 Å². The highest BCUT2D eigenvalue weighted by atomic mass is 15.3. The van der Waals surface area contributed by atoms with Gasteiger partial charge in [-0.3, -0.25) is 10.1 Å². The van der Waals surface area contributed by atoms with E-state index in [1.807, 2.05) is 12.1 Å². The largest absolute Gasteiger partial charge is 0.367 e. The standard InChI is InChI=1S/C8H9N5/c9-8-11-7(12-13-8)4-6-2-1-3-10-5-6/h1-3,5H,4H2,(H3,9,11,12,13). The number of hydrogen-bond acceptors (Lipinski definition) is 4. The Balaban J connectivity index is 2.15. The van der Waals surface area contributed by atoms with Crippen LogP contribution in [0, 0.1) is 0 Å².